The first-order chi connectivity index (χ1) is 26.1. The average molecular weight is 816 g/mol. The number of likely N-dealkylation sites (tertiary alicyclic amines) is 1. The van der Waals surface area contributed by atoms with Crippen molar-refractivity contribution in [3.8, 4) is 0 Å². The number of nitrogens with zero attached hydrogens (tertiary/aromatic N) is 2. The fraction of sp³-hybridized carbons (Fsp3) is 0.452. The summed E-state index contributed by atoms with van der Waals surface area (Å²) in [7, 11) is 0. The summed E-state index contributed by atoms with van der Waals surface area (Å²) >= 11 is 12.2. The van der Waals surface area contributed by atoms with E-state index in [-0.39, 0.29) is 5.48 Å². The van der Waals surface area contributed by atoms with Gasteiger partial charge in [-0.05, 0) is 69.2 Å². The average Bonchev–Trinajstić information content (AvgIpc) is 3.21. The zero-order valence-electron chi connectivity index (χ0n) is 31.7. The second kappa shape index (κ2) is 20.8. The zero-order valence-corrected chi connectivity index (χ0v) is 33.2. The number of ketones is 2. The van der Waals surface area contributed by atoms with Gasteiger partial charge in [0.25, 0.3) is 11.2 Å². The Morgan fingerprint density at radius 1 is 0.750 bits per heavy atom. The molecule has 3 aromatic carbocycles. The molecule has 6 N–H and O–H groups in total. The Morgan fingerprint density at radius 2 is 1.23 bits per heavy atom. The third-order valence-electron chi connectivity index (χ3n) is 10.8. The Balaban J connectivity index is 0.000000297. The van der Waals surface area contributed by atoms with E-state index < -0.39 is 45.8 Å². The molecule has 304 valence electrons. The Hall–Kier alpha value is -4.17. The number of aliphatic hydroxyl groups is 2. The van der Waals surface area contributed by atoms with Gasteiger partial charge in [-0.2, -0.15) is 0 Å². The maximum Gasteiger partial charge on any atom is 0.348 e. The molecule has 2 fully saturated rings. The van der Waals surface area contributed by atoms with Gasteiger partial charge in [-0.1, -0.05) is 116 Å². The van der Waals surface area contributed by atoms with E-state index in [2.05, 4.69) is 29.7 Å². The highest BCUT2D eigenvalue weighted by Gasteiger charge is 2.69. The molecule has 14 heteroatoms. The number of piperidine rings is 1. The number of likely N-dealkylation sites (N-methyl/N-ethyl adjacent to an activating group) is 1. The second-order valence-corrected chi connectivity index (χ2v) is 15.2. The number of hydrogen-bond donors (Lipinski definition) is 4. The number of amides is 1. The molecule has 1 heterocycles. The van der Waals surface area contributed by atoms with E-state index in [1.54, 1.807) is 0 Å². The summed E-state index contributed by atoms with van der Waals surface area (Å²) in [6.45, 7) is 8.59. The van der Waals surface area contributed by atoms with Crippen LogP contribution in [0.2, 0.25) is 10.0 Å². The van der Waals surface area contributed by atoms with Crippen molar-refractivity contribution in [2.45, 2.75) is 82.5 Å². The third kappa shape index (κ3) is 10.6. The van der Waals surface area contributed by atoms with E-state index >= 15 is 0 Å². The monoisotopic (exact) mass is 814 g/mol. The van der Waals surface area contributed by atoms with Gasteiger partial charge < -0.3 is 35.7 Å². The minimum Gasteiger partial charge on any atom is -0.479 e. The molecule has 3 aromatic rings. The SMILES string of the molecule is CCN(CC1CCN(C(=O)C2CCCCC2)CC1)C(C)Cc1ccc(Cl)c(Cl)c1.O.O=C(O)C(O)(C(=O)c1ccccc1)C(O)(C(=O)O)C(=O)c1ccccc1. The maximum atomic E-state index is 12.8. The maximum absolute atomic E-state index is 12.8. The molecule has 2 aliphatic rings. The van der Waals surface area contributed by atoms with E-state index in [4.69, 9.17) is 23.2 Å². The number of carbonyl (C=O) groups excluding carboxylic acids is 3. The van der Waals surface area contributed by atoms with Crippen LogP contribution < -0.4 is 0 Å². The van der Waals surface area contributed by atoms with E-state index in [0.717, 1.165) is 82.5 Å². The van der Waals surface area contributed by atoms with Crippen molar-refractivity contribution in [3.05, 3.63) is 106 Å². The summed E-state index contributed by atoms with van der Waals surface area (Å²) in [5, 5.41) is 41.1. The number of benzene rings is 3. The molecule has 3 unspecified atom stereocenters. The highest BCUT2D eigenvalue weighted by atomic mass is 35.5. The minimum atomic E-state index is -3.95. The van der Waals surface area contributed by atoms with E-state index in [0.29, 0.717) is 33.8 Å². The van der Waals surface area contributed by atoms with Crippen LogP contribution in [0.5, 0.6) is 0 Å². The van der Waals surface area contributed by atoms with Crippen LogP contribution in [0.1, 0.15) is 85.1 Å². The van der Waals surface area contributed by atoms with Crippen LogP contribution in [0.25, 0.3) is 0 Å². The van der Waals surface area contributed by atoms with Gasteiger partial charge in [-0.15, -0.1) is 0 Å². The first kappa shape index (κ1) is 46.2. The fourth-order valence-electron chi connectivity index (χ4n) is 7.46. The quantitative estimate of drug-likeness (QED) is 0.117. The van der Waals surface area contributed by atoms with Gasteiger partial charge in [-0.25, -0.2) is 9.59 Å². The Labute approximate surface area is 337 Å². The van der Waals surface area contributed by atoms with Gasteiger partial charge in [0.15, 0.2) is 0 Å². The molecule has 0 spiro atoms. The van der Waals surface area contributed by atoms with Crippen molar-refractivity contribution in [3.63, 3.8) is 0 Å². The largest absolute Gasteiger partial charge is 0.479 e. The van der Waals surface area contributed by atoms with Gasteiger partial charge in [0.05, 0.1) is 10.0 Å². The molecular weight excluding hydrogens is 763 g/mol. The Kier molecular flexibility index (Phi) is 17.2. The van der Waals surface area contributed by atoms with E-state index in [1.807, 2.05) is 12.1 Å². The standard InChI is InChI=1S/C24H36Cl2N2O.C18H14O8.H2O/c1-3-27(18(2)15-20-9-10-22(25)23(26)16-20)17-19-11-13-28(14-12-19)24(29)21-7-5-4-6-8-21;19-13(11-7-3-1-4-8-11)17(25,15(21)22)18(26,16(23)24)14(20)12-9-5-2-6-10-12;/h9-10,16,18-19,21H,3-8,11-15,17H2,1-2H3;1-10,25-26H,(H,21,22)(H,23,24);1H2. The topological polar surface area (TPSA) is 204 Å². The lowest BCUT2D eigenvalue weighted by atomic mass is 9.73. The van der Waals surface area contributed by atoms with Gasteiger partial charge in [0, 0.05) is 42.7 Å². The van der Waals surface area contributed by atoms with E-state index in [9.17, 15) is 44.4 Å². The third-order valence-corrected chi connectivity index (χ3v) is 11.5. The van der Waals surface area contributed by atoms with Gasteiger partial charge in [0.2, 0.25) is 17.5 Å². The number of aliphatic carboxylic acids is 2. The molecule has 0 radical (unpaired) electrons. The number of hydrogen-bond acceptors (Lipinski definition) is 8. The number of carboxylic acid groups (broad SMARTS) is 2. The van der Waals surface area contributed by atoms with Gasteiger partial charge >= 0.3 is 11.9 Å². The number of carbonyl (C=O) groups is 5. The molecular formula is C42H52Cl2N2O10. The van der Waals surface area contributed by atoms with Crippen LogP contribution in [0.3, 0.4) is 0 Å². The molecule has 0 bridgehead atoms. The number of halogens is 2. The molecule has 1 saturated heterocycles. The minimum absolute atomic E-state index is 0. The Morgan fingerprint density at radius 3 is 1.66 bits per heavy atom. The van der Waals surface area contributed by atoms with Crippen molar-refractivity contribution >= 4 is 52.6 Å². The normalized spacial score (nSPS) is 17.6. The molecule has 1 aliphatic heterocycles. The summed E-state index contributed by atoms with van der Waals surface area (Å²) in [5.74, 6) is -6.61. The van der Waals surface area contributed by atoms with Gasteiger partial charge in [-0.3, -0.25) is 14.4 Å². The molecule has 1 saturated carbocycles. The molecule has 12 nitrogen and oxygen atoms in total. The van der Waals surface area contributed by atoms with Crippen molar-refractivity contribution in [1.29, 1.82) is 0 Å². The summed E-state index contributed by atoms with van der Waals surface area (Å²) in [6, 6.07) is 19.2. The van der Waals surface area contributed by atoms with Crippen LogP contribution in [0.4, 0.5) is 0 Å². The summed E-state index contributed by atoms with van der Waals surface area (Å²) in [4.78, 5) is 66.1. The predicted octanol–water partition coefficient (Wildman–Crippen LogP) is 5.62. The summed E-state index contributed by atoms with van der Waals surface area (Å²) in [5.41, 5.74) is -7.45. The lowest BCUT2D eigenvalue weighted by Gasteiger charge is -2.38. The smallest absolute Gasteiger partial charge is 0.348 e. The number of Topliss-reactive ketones (excluding diaryl/α,β-unsaturated/α-hetero) is 2. The highest BCUT2D eigenvalue weighted by molar-refractivity contribution is 6.42. The predicted molar refractivity (Wildman–Crippen MR) is 213 cm³/mol. The van der Waals surface area contributed by atoms with Crippen LogP contribution in [0.15, 0.2) is 78.9 Å². The highest BCUT2D eigenvalue weighted by Crippen LogP contribution is 2.32. The molecule has 3 atom stereocenters. The van der Waals surface area contributed by atoms with Crippen LogP contribution in [0, 0.1) is 11.8 Å². The molecule has 0 aromatic heterocycles. The molecule has 1 amide bonds. The van der Waals surface area contributed by atoms with E-state index in [1.165, 1.54) is 61.2 Å². The van der Waals surface area contributed by atoms with Crippen molar-refractivity contribution in [2.24, 2.45) is 11.8 Å². The van der Waals surface area contributed by atoms with Gasteiger partial charge in [0.1, 0.15) is 0 Å². The zero-order chi connectivity index (χ0) is 40.3. The number of rotatable bonds is 14. The van der Waals surface area contributed by atoms with Crippen molar-refractivity contribution < 1.29 is 49.9 Å². The lowest BCUT2D eigenvalue weighted by molar-refractivity contribution is -0.187. The van der Waals surface area contributed by atoms with Crippen LogP contribution in [-0.4, -0.2) is 109 Å². The number of carboxylic acids is 2. The van der Waals surface area contributed by atoms with Crippen molar-refractivity contribution in [1.82, 2.24) is 9.80 Å². The molecule has 1 aliphatic carbocycles. The first-order valence-corrected chi connectivity index (χ1v) is 19.5. The Bertz CT molecular complexity index is 1730. The van der Waals surface area contributed by atoms with Crippen LogP contribution >= 0.6 is 23.2 Å². The lowest BCUT2D eigenvalue weighted by Crippen LogP contribution is -2.71. The molecule has 5 rings (SSSR count). The fourth-order valence-corrected chi connectivity index (χ4v) is 7.78. The van der Waals surface area contributed by atoms with Crippen molar-refractivity contribution in [2.75, 3.05) is 26.2 Å². The summed E-state index contributed by atoms with van der Waals surface area (Å²) in [6.07, 6.45) is 9.22. The molecule has 56 heavy (non-hydrogen) atoms. The van der Waals surface area contributed by atoms with Crippen LogP contribution in [-0.2, 0) is 20.8 Å². The second-order valence-electron chi connectivity index (χ2n) is 14.4. The first-order valence-electron chi connectivity index (χ1n) is 18.7. The summed E-state index contributed by atoms with van der Waals surface area (Å²) < 4.78 is 0.